The van der Waals surface area contributed by atoms with Gasteiger partial charge in [0.25, 0.3) is 0 Å². The van der Waals surface area contributed by atoms with Gasteiger partial charge in [0.2, 0.25) is 0 Å². The van der Waals surface area contributed by atoms with Gasteiger partial charge in [-0.25, -0.2) is 14.6 Å². The van der Waals surface area contributed by atoms with Crippen LogP contribution in [0.2, 0.25) is 5.02 Å². The zero-order valence-corrected chi connectivity index (χ0v) is 16.9. The van der Waals surface area contributed by atoms with Gasteiger partial charge in [-0.2, -0.15) is 10.4 Å². The number of halogens is 1. The lowest BCUT2D eigenvalue weighted by Gasteiger charge is -2.11. The second-order valence-corrected chi connectivity index (χ2v) is 7.06. The number of nitriles is 1. The van der Waals surface area contributed by atoms with Gasteiger partial charge in [-0.1, -0.05) is 36.7 Å². The Bertz CT molecular complexity index is 1220. The molecule has 0 aliphatic rings. The molecule has 7 heteroatoms. The minimum Gasteiger partial charge on any atom is -0.365 e. The zero-order chi connectivity index (χ0) is 20.4. The Morgan fingerprint density at radius 3 is 2.55 bits per heavy atom. The van der Waals surface area contributed by atoms with Gasteiger partial charge in [0, 0.05) is 24.2 Å². The number of nitrogens with zero attached hydrogens (tertiary/aromatic N) is 5. The summed E-state index contributed by atoms with van der Waals surface area (Å²) in [7, 11) is 1.88. The fourth-order valence-electron chi connectivity index (χ4n) is 3.25. The molecule has 0 atom stereocenters. The predicted molar refractivity (Wildman–Crippen MR) is 115 cm³/mol. The number of hydrogen-bond acceptors (Lipinski definition) is 5. The molecule has 0 fully saturated rings. The Kier molecular flexibility index (Phi) is 5.15. The normalized spacial score (nSPS) is 10.8. The second kappa shape index (κ2) is 7.90. The maximum Gasteiger partial charge on any atom is 0.164 e. The third-order valence-electron chi connectivity index (χ3n) is 4.77. The lowest BCUT2D eigenvalue weighted by molar-refractivity contribution is 0.761. The predicted octanol–water partition coefficient (Wildman–Crippen LogP) is 4.73. The van der Waals surface area contributed by atoms with Crippen LogP contribution in [0, 0.1) is 11.3 Å². The van der Waals surface area contributed by atoms with Crippen molar-refractivity contribution >= 4 is 28.5 Å². The van der Waals surface area contributed by atoms with Crippen LogP contribution in [0.3, 0.4) is 0 Å². The minimum absolute atomic E-state index is 0.538. The lowest BCUT2D eigenvalue weighted by atomic mass is 10.1. The molecule has 29 heavy (non-hydrogen) atoms. The maximum atomic E-state index is 9.04. The highest BCUT2D eigenvalue weighted by molar-refractivity contribution is 6.31. The molecule has 0 saturated carbocycles. The summed E-state index contributed by atoms with van der Waals surface area (Å²) in [5.41, 5.74) is 4.13. The van der Waals surface area contributed by atoms with Crippen LogP contribution in [0.5, 0.6) is 0 Å². The second-order valence-electron chi connectivity index (χ2n) is 6.65. The molecule has 0 spiro atoms. The molecular weight excluding hydrogens is 384 g/mol. The Hall–Kier alpha value is -3.43. The van der Waals surface area contributed by atoms with E-state index >= 15 is 0 Å². The Morgan fingerprint density at radius 1 is 1.10 bits per heavy atom. The van der Waals surface area contributed by atoms with Crippen molar-refractivity contribution in [3.05, 3.63) is 70.4 Å². The molecule has 2 aromatic heterocycles. The molecule has 2 aromatic carbocycles. The van der Waals surface area contributed by atoms with Gasteiger partial charge in [0.1, 0.15) is 5.82 Å². The third kappa shape index (κ3) is 3.65. The first-order valence-corrected chi connectivity index (χ1v) is 9.70. The maximum absolute atomic E-state index is 9.04. The summed E-state index contributed by atoms with van der Waals surface area (Å²) in [5.74, 6) is 1.30. The van der Waals surface area contributed by atoms with Crippen LogP contribution in [0.1, 0.15) is 23.7 Å². The van der Waals surface area contributed by atoms with Crippen molar-refractivity contribution in [3.8, 4) is 17.5 Å². The molecular formula is C22H19ClN6. The first-order valence-electron chi connectivity index (χ1n) is 9.32. The van der Waals surface area contributed by atoms with Crippen molar-refractivity contribution < 1.29 is 0 Å². The van der Waals surface area contributed by atoms with Crippen molar-refractivity contribution in [2.45, 2.75) is 19.9 Å². The molecule has 144 valence electrons. The molecule has 0 unspecified atom stereocenters. The Labute approximate surface area is 173 Å². The molecule has 0 amide bonds. The molecule has 4 aromatic rings. The molecule has 0 aliphatic carbocycles. The summed E-state index contributed by atoms with van der Waals surface area (Å²) in [5, 5.41) is 18.7. The van der Waals surface area contributed by atoms with Gasteiger partial charge >= 0.3 is 0 Å². The average molecular weight is 403 g/mol. The summed E-state index contributed by atoms with van der Waals surface area (Å²) in [6.07, 6.45) is 0.775. The van der Waals surface area contributed by atoms with E-state index in [1.807, 2.05) is 43.4 Å². The van der Waals surface area contributed by atoms with Crippen LogP contribution in [0.4, 0.5) is 5.82 Å². The lowest BCUT2D eigenvalue weighted by Crippen LogP contribution is -2.05. The van der Waals surface area contributed by atoms with Crippen molar-refractivity contribution in [2.75, 3.05) is 5.32 Å². The number of hydrogen-bond donors (Lipinski definition) is 1. The fraction of sp³-hybridized carbons (Fsp3) is 0.182. The average Bonchev–Trinajstić information content (AvgIpc) is 3.09. The van der Waals surface area contributed by atoms with Gasteiger partial charge < -0.3 is 5.32 Å². The molecule has 0 saturated heterocycles. The number of fused-ring (bicyclic) bond motifs is 1. The molecule has 2 heterocycles. The van der Waals surface area contributed by atoms with E-state index in [1.165, 1.54) is 0 Å². The third-order valence-corrected chi connectivity index (χ3v) is 5.14. The van der Waals surface area contributed by atoms with Crippen molar-refractivity contribution in [1.29, 1.82) is 5.26 Å². The Balaban J connectivity index is 1.81. The minimum atomic E-state index is 0.538. The number of aryl methyl sites for hydroxylation is 2. The topological polar surface area (TPSA) is 79.4 Å². The van der Waals surface area contributed by atoms with Gasteiger partial charge in [-0.05, 0) is 42.3 Å². The van der Waals surface area contributed by atoms with Crippen LogP contribution in [-0.2, 0) is 20.0 Å². The van der Waals surface area contributed by atoms with Gasteiger partial charge in [-0.3, -0.25) is 0 Å². The van der Waals surface area contributed by atoms with Crippen molar-refractivity contribution in [1.82, 2.24) is 19.7 Å². The van der Waals surface area contributed by atoms with E-state index < -0.39 is 0 Å². The van der Waals surface area contributed by atoms with Crippen LogP contribution in [0.15, 0.2) is 48.5 Å². The van der Waals surface area contributed by atoms with Crippen LogP contribution >= 0.6 is 11.6 Å². The van der Waals surface area contributed by atoms with E-state index in [1.54, 1.807) is 16.8 Å². The van der Waals surface area contributed by atoms with Crippen molar-refractivity contribution in [3.63, 3.8) is 0 Å². The van der Waals surface area contributed by atoms with Gasteiger partial charge in [0.05, 0.1) is 22.7 Å². The summed E-state index contributed by atoms with van der Waals surface area (Å²) in [6, 6.07) is 17.1. The SMILES string of the molecule is CCc1nn(C)c2nc(-c3ccc(C#N)cc3)nc(NCc3ccccc3Cl)c12. The monoisotopic (exact) mass is 402 g/mol. The highest BCUT2D eigenvalue weighted by Crippen LogP contribution is 2.29. The highest BCUT2D eigenvalue weighted by atomic mass is 35.5. The largest absolute Gasteiger partial charge is 0.365 e. The first-order chi connectivity index (χ1) is 14.1. The van der Waals surface area contributed by atoms with Gasteiger partial charge in [-0.15, -0.1) is 0 Å². The molecule has 0 aliphatic heterocycles. The molecule has 4 rings (SSSR count). The summed E-state index contributed by atoms with van der Waals surface area (Å²) in [6.45, 7) is 2.60. The number of aromatic nitrogens is 4. The quantitative estimate of drug-likeness (QED) is 0.522. The standard InChI is InChI=1S/C22H19ClN6/c1-3-18-19-21(25-13-16-6-4-5-7-17(16)23)26-20(27-22(19)29(2)28-18)15-10-8-14(12-24)9-11-15/h4-11H,3,13H2,1-2H3,(H,25,26,27). The molecule has 0 bridgehead atoms. The summed E-state index contributed by atoms with van der Waals surface area (Å²) >= 11 is 6.31. The number of nitrogens with one attached hydrogen (secondary N) is 1. The molecule has 0 radical (unpaired) electrons. The highest BCUT2D eigenvalue weighted by Gasteiger charge is 2.17. The first kappa shape index (κ1) is 18.9. The van der Waals surface area contributed by atoms with E-state index in [4.69, 9.17) is 26.8 Å². The summed E-state index contributed by atoms with van der Waals surface area (Å²) in [4.78, 5) is 9.53. The van der Waals surface area contributed by atoms with Crippen LogP contribution < -0.4 is 5.32 Å². The van der Waals surface area contributed by atoms with E-state index in [9.17, 15) is 0 Å². The Morgan fingerprint density at radius 2 is 1.86 bits per heavy atom. The van der Waals surface area contributed by atoms with Crippen LogP contribution in [0.25, 0.3) is 22.4 Å². The van der Waals surface area contributed by atoms with E-state index in [0.29, 0.717) is 23.0 Å². The van der Waals surface area contributed by atoms with Crippen LogP contribution in [-0.4, -0.2) is 19.7 Å². The van der Waals surface area contributed by atoms with Crippen molar-refractivity contribution in [2.24, 2.45) is 7.05 Å². The fourth-order valence-corrected chi connectivity index (χ4v) is 3.45. The smallest absolute Gasteiger partial charge is 0.164 e. The number of benzene rings is 2. The van der Waals surface area contributed by atoms with E-state index in [-0.39, 0.29) is 0 Å². The van der Waals surface area contributed by atoms with Gasteiger partial charge in [0.15, 0.2) is 11.5 Å². The number of anilines is 1. The molecule has 1 N–H and O–H groups in total. The molecule has 6 nitrogen and oxygen atoms in total. The van der Waals surface area contributed by atoms with E-state index in [0.717, 1.165) is 40.1 Å². The zero-order valence-electron chi connectivity index (χ0n) is 16.1. The van der Waals surface area contributed by atoms with E-state index in [2.05, 4.69) is 23.4 Å². The summed E-state index contributed by atoms with van der Waals surface area (Å²) < 4.78 is 1.78. The number of rotatable bonds is 5.